The predicted molar refractivity (Wildman–Crippen MR) is 70.7 cm³/mol. The van der Waals surface area contributed by atoms with Crippen LogP contribution in [0.5, 0.6) is 0 Å². The van der Waals surface area contributed by atoms with Crippen molar-refractivity contribution in [1.82, 2.24) is 0 Å². The Kier molecular flexibility index (Phi) is 4.77. The summed E-state index contributed by atoms with van der Waals surface area (Å²) in [6, 6.07) is 0.952. The molecule has 0 saturated heterocycles. The van der Waals surface area contributed by atoms with Crippen LogP contribution in [0.15, 0.2) is 12.2 Å². The summed E-state index contributed by atoms with van der Waals surface area (Å²) in [5.41, 5.74) is 1.85. The van der Waals surface area contributed by atoms with E-state index in [1.54, 1.807) is 0 Å². The largest absolute Gasteiger partial charge is 0.394 e. The van der Waals surface area contributed by atoms with E-state index in [-0.39, 0.29) is 0 Å². The zero-order valence-electron chi connectivity index (χ0n) is 11.4. The number of rotatable bonds is 7. The quantitative estimate of drug-likeness (QED) is 0.500. The van der Waals surface area contributed by atoms with Crippen molar-refractivity contribution in [1.29, 1.82) is 0 Å². The molecule has 0 aromatic rings. The molecule has 0 aromatic carbocycles. The fourth-order valence-corrected chi connectivity index (χ4v) is 7.65. The Bertz CT molecular complexity index is 238. The molecule has 0 bridgehead atoms. The fraction of sp³-hybridized carbons (Fsp3) is 0.846. The maximum atomic E-state index is 6.10. The lowest BCUT2D eigenvalue weighted by Gasteiger charge is -2.31. The van der Waals surface area contributed by atoms with Crippen molar-refractivity contribution < 1.29 is 8.85 Å². The van der Waals surface area contributed by atoms with Crippen LogP contribution in [0.1, 0.15) is 34.6 Å². The standard InChI is InChI=1S/C13H26O2Si/c1-7-14-16(15-8-2,9-10(3)4)13-11(5)12(13)6/h11-13H,3,7-9H2,1-2,4-6H3. The first-order chi connectivity index (χ1) is 7.48. The molecule has 1 aliphatic carbocycles. The summed E-state index contributed by atoms with van der Waals surface area (Å²) >= 11 is 0. The average Bonchev–Trinajstić information content (AvgIpc) is 2.74. The normalized spacial score (nSPS) is 29.2. The van der Waals surface area contributed by atoms with Crippen molar-refractivity contribution in [3.05, 3.63) is 12.2 Å². The van der Waals surface area contributed by atoms with E-state index >= 15 is 0 Å². The third kappa shape index (κ3) is 2.76. The summed E-state index contributed by atoms with van der Waals surface area (Å²) in [6.45, 7) is 16.4. The molecule has 0 aliphatic heterocycles. The van der Waals surface area contributed by atoms with Gasteiger partial charge in [0.1, 0.15) is 0 Å². The van der Waals surface area contributed by atoms with Crippen molar-refractivity contribution in [2.45, 2.75) is 46.2 Å². The molecule has 0 heterocycles. The van der Waals surface area contributed by atoms with Crippen LogP contribution in [0.2, 0.25) is 11.6 Å². The van der Waals surface area contributed by atoms with Crippen LogP contribution in [0.3, 0.4) is 0 Å². The molecule has 94 valence electrons. The fourth-order valence-electron chi connectivity index (χ4n) is 2.83. The third-order valence-corrected chi connectivity index (χ3v) is 8.37. The molecule has 1 saturated carbocycles. The maximum Gasteiger partial charge on any atom is 0.346 e. The van der Waals surface area contributed by atoms with Crippen LogP contribution in [0.4, 0.5) is 0 Å². The van der Waals surface area contributed by atoms with Gasteiger partial charge in [-0.05, 0) is 32.6 Å². The second-order valence-corrected chi connectivity index (χ2v) is 8.28. The lowest BCUT2D eigenvalue weighted by atomic mass is 10.4. The van der Waals surface area contributed by atoms with E-state index in [9.17, 15) is 0 Å². The van der Waals surface area contributed by atoms with Crippen molar-refractivity contribution in [3.63, 3.8) is 0 Å². The van der Waals surface area contributed by atoms with Crippen LogP contribution in [-0.4, -0.2) is 21.8 Å². The van der Waals surface area contributed by atoms with Crippen molar-refractivity contribution in [2.24, 2.45) is 11.8 Å². The second-order valence-electron chi connectivity index (χ2n) is 5.06. The van der Waals surface area contributed by atoms with Crippen molar-refractivity contribution in [2.75, 3.05) is 13.2 Å². The van der Waals surface area contributed by atoms with Gasteiger partial charge in [0.2, 0.25) is 0 Å². The van der Waals surface area contributed by atoms with Crippen molar-refractivity contribution in [3.8, 4) is 0 Å². The van der Waals surface area contributed by atoms with E-state index in [0.29, 0.717) is 5.54 Å². The smallest absolute Gasteiger partial charge is 0.346 e. The molecule has 2 nitrogen and oxygen atoms in total. The molecule has 0 N–H and O–H groups in total. The molecule has 16 heavy (non-hydrogen) atoms. The Morgan fingerprint density at radius 2 is 1.56 bits per heavy atom. The van der Waals surface area contributed by atoms with E-state index < -0.39 is 8.56 Å². The van der Waals surface area contributed by atoms with Crippen LogP contribution in [0.25, 0.3) is 0 Å². The molecule has 3 heteroatoms. The summed E-state index contributed by atoms with van der Waals surface area (Å²) in [4.78, 5) is 0. The highest BCUT2D eigenvalue weighted by Gasteiger charge is 2.61. The molecular formula is C13H26O2Si. The van der Waals surface area contributed by atoms with E-state index in [1.807, 2.05) is 0 Å². The topological polar surface area (TPSA) is 18.5 Å². The minimum atomic E-state index is -2.05. The first kappa shape index (κ1) is 13.9. The Labute approximate surface area is 101 Å². The molecule has 0 amide bonds. The lowest BCUT2D eigenvalue weighted by molar-refractivity contribution is 0.181. The molecule has 1 rings (SSSR count). The van der Waals surface area contributed by atoms with Gasteiger partial charge in [-0.3, -0.25) is 0 Å². The summed E-state index contributed by atoms with van der Waals surface area (Å²) in [7, 11) is -2.05. The first-order valence-corrected chi connectivity index (χ1v) is 8.50. The minimum Gasteiger partial charge on any atom is -0.394 e. The monoisotopic (exact) mass is 242 g/mol. The van der Waals surface area contributed by atoms with Gasteiger partial charge in [0, 0.05) is 24.8 Å². The summed E-state index contributed by atoms with van der Waals surface area (Å²) in [5, 5.41) is 0. The second kappa shape index (κ2) is 5.47. The molecule has 1 fully saturated rings. The lowest BCUT2D eigenvalue weighted by Crippen LogP contribution is -2.44. The number of hydrogen-bond acceptors (Lipinski definition) is 2. The average molecular weight is 242 g/mol. The molecule has 0 spiro atoms. The zero-order valence-corrected chi connectivity index (χ0v) is 12.4. The van der Waals surface area contributed by atoms with Crippen LogP contribution in [-0.2, 0) is 8.85 Å². The highest BCUT2D eigenvalue weighted by atomic mass is 28.4. The Balaban J connectivity index is 2.83. The highest BCUT2D eigenvalue weighted by molar-refractivity contribution is 6.70. The van der Waals surface area contributed by atoms with Gasteiger partial charge in [0.25, 0.3) is 0 Å². The Hall–Kier alpha value is -0.123. The van der Waals surface area contributed by atoms with Gasteiger partial charge in [0.05, 0.1) is 0 Å². The van der Waals surface area contributed by atoms with Gasteiger partial charge >= 0.3 is 8.56 Å². The third-order valence-electron chi connectivity index (χ3n) is 3.65. The highest BCUT2D eigenvalue weighted by Crippen LogP contribution is 2.59. The molecule has 0 radical (unpaired) electrons. The Morgan fingerprint density at radius 3 is 1.81 bits per heavy atom. The van der Waals surface area contributed by atoms with Gasteiger partial charge in [0.15, 0.2) is 0 Å². The minimum absolute atomic E-state index is 0.657. The summed E-state index contributed by atoms with van der Waals surface area (Å²) < 4.78 is 12.2. The molecule has 0 aromatic heterocycles. The number of hydrogen-bond donors (Lipinski definition) is 0. The van der Waals surface area contributed by atoms with E-state index in [0.717, 1.165) is 31.1 Å². The van der Waals surface area contributed by atoms with Gasteiger partial charge in [-0.1, -0.05) is 19.4 Å². The van der Waals surface area contributed by atoms with Gasteiger partial charge in [-0.15, -0.1) is 6.58 Å². The molecule has 1 aliphatic rings. The SMILES string of the molecule is C=C(C)C[Si](OCC)(OCC)C1C(C)C1C. The Morgan fingerprint density at radius 1 is 1.12 bits per heavy atom. The molecule has 2 atom stereocenters. The maximum absolute atomic E-state index is 6.10. The first-order valence-electron chi connectivity index (χ1n) is 6.40. The van der Waals surface area contributed by atoms with Gasteiger partial charge < -0.3 is 8.85 Å². The number of allylic oxidation sites excluding steroid dienone is 1. The summed E-state index contributed by atoms with van der Waals surface area (Å²) in [5.74, 6) is 1.51. The van der Waals surface area contributed by atoms with E-state index in [4.69, 9.17) is 8.85 Å². The van der Waals surface area contributed by atoms with Crippen LogP contribution >= 0.6 is 0 Å². The summed E-state index contributed by atoms with van der Waals surface area (Å²) in [6.07, 6.45) is 0. The predicted octanol–water partition coefficient (Wildman–Crippen LogP) is 3.73. The molecular weight excluding hydrogens is 216 g/mol. The van der Waals surface area contributed by atoms with Crippen LogP contribution < -0.4 is 0 Å². The van der Waals surface area contributed by atoms with Crippen molar-refractivity contribution >= 4 is 8.56 Å². The van der Waals surface area contributed by atoms with E-state index in [2.05, 4.69) is 41.2 Å². The van der Waals surface area contributed by atoms with Crippen LogP contribution in [0, 0.1) is 11.8 Å². The van der Waals surface area contributed by atoms with Gasteiger partial charge in [-0.25, -0.2) is 0 Å². The molecule has 2 unspecified atom stereocenters. The van der Waals surface area contributed by atoms with E-state index in [1.165, 1.54) is 5.57 Å². The van der Waals surface area contributed by atoms with Gasteiger partial charge in [-0.2, -0.15) is 0 Å². The zero-order chi connectivity index (χ0) is 12.3.